The predicted molar refractivity (Wildman–Crippen MR) is 135 cm³/mol. The Morgan fingerprint density at radius 1 is 1.03 bits per heavy atom. The summed E-state index contributed by atoms with van der Waals surface area (Å²) < 4.78 is 61.5. The molecule has 0 bridgehead atoms. The van der Waals surface area contributed by atoms with Crippen LogP contribution in [0.25, 0.3) is 28.0 Å². The van der Waals surface area contributed by atoms with E-state index in [0.717, 1.165) is 30.2 Å². The first-order valence-electron chi connectivity index (χ1n) is 11.5. The van der Waals surface area contributed by atoms with Crippen LogP contribution in [0.3, 0.4) is 0 Å². The van der Waals surface area contributed by atoms with E-state index in [1.165, 1.54) is 30.3 Å². The minimum absolute atomic E-state index is 0.0281. The first kappa shape index (κ1) is 25.8. The maximum Gasteiger partial charge on any atom is 0.417 e. The predicted octanol–water partition coefficient (Wildman–Crippen LogP) is 7.61. The topological polar surface area (TPSA) is 72.6 Å². The standard InChI is InChI=1S/C29H23F4NO3/c1-2-3-19-14-20-15-22(35)10-12-24(20)28(27(19)18-4-8-21(30)9-5-18)37-23-11-6-17(7-13-26(34)36)25(16-23)29(31,32)33/h4-16,35H,2-3H2,1H3,(H2,34,36)/b13-7+. The summed E-state index contributed by atoms with van der Waals surface area (Å²) in [5.41, 5.74) is 5.88. The molecule has 0 spiro atoms. The zero-order valence-corrected chi connectivity index (χ0v) is 19.8. The van der Waals surface area contributed by atoms with Gasteiger partial charge in [-0.25, -0.2) is 4.39 Å². The Hall–Kier alpha value is -4.33. The van der Waals surface area contributed by atoms with Crippen molar-refractivity contribution in [1.29, 1.82) is 0 Å². The lowest BCUT2D eigenvalue weighted by Gasteiger charge is -2.20. The molecule has 0 saturated carbocycles. The average molecular weight is 509 g/mol. The van der Waals surface area contributed by atoms with Crippen molar-refractivity contribution in [3.63, 3.8) is 0 Å². The Balaban J connectivity index is 1.96. The number of phenolic OH excluding ortho intramolecular Hbond substituents is 1. The highest BCUT2D eigenvalue weighted by molar-refractivity contribution is 5.98. The molecule has 4 rings (SSSR count). The minimum Gasteiger partial charge on any atom is -0.508 e. The number of carbonyl (C=O) groups excluding carboxylic acids is 1. The maximum atomic E-state index is 13.9. The molecule has 0 atom stereocenters. The lowest BCUT2D eigenvalue weighted by Crippen LogP contribution is -2.09. The van der Waals surface area contributed by atoms with Crippen molar-refractivity contribution >= 4 is 22.8 Å². The Labute approximate surface area is 210 Å². The second kappa shape index (κ2) is 10.3. The molecule has 190 valence electrons. The van der Waals surface area contributed by atoms with E-state index in [2.05, 4.69) is 0 Å². The molecule has 1 amide bonds. The van der Waals surface area contributed by atoms with Gasteiger partial charge in [0.05, 0.1) is 5.56 Å². The number of amides is 1. The molecule has 0 aliphatic carbocycles. The Bertz CT molecular complexity index is 1490. The van der Waals surface area contributed by atoms with E-state index < -0.39 is 23.5 Å². The van der Waals surface area contributed by atoms with Crippen LogP contribution in [0.1, 0.15) is 30.0 Å². The van der Waals surface area contributed by atoms with Gasteiger partial charge in [-0.05, 0) is 77.0 Å². The van der Waals surface area contributed by atoms with Crippen LogP contribution in [0.4, 0.5) is 17.6 Å². The van der Waals surface area contributed by atoms with Crippen LogP contribution in [0.5, 0.6) is 17.2 Å². The first-order valence-corrected chi connectivity index (χ1v) is 11.5. The van der Waals surface area contributed by atoms with Gasteiger partial charge in [-0.1, -0.05) is 37.6 Å². The van der Waals surface area contributed by atoms with Crippen LogP contribution < -0.4 is 10.5 Å². The summed E-state index contributed by atoms with van der Waals surface area (Å²) in [5, 5.41) is 11.2. The average Bonchev–Trinajstić information content (AvgIpc) is 2.83. The molecular weight excluding hydrogens is 486 g/mol. The summed E-state index contributed by atoms with van der Waals surface area (Å²) in [7, 11) is 0. The molecule has 0 aliphatic heterocycles. The van der Waals surface area contributed by atoms with Crippen molar-refractivity contribution in [1.82, 2.24) is 0 Å². The van der Waals surface area contributed by atoms with Gasteiger partial charge in [0.1, 0.15) is 23.1 Å². The van der Waals surface area contributed by atoms with Crippen molar-refractivity contribution in [2.45, 2.75) is 25.9 Å². The van der Waals surface area contributed by atoms with Crippen LogP contribution in [-0.4, -0.2) is 11.0 Å². The highest BCUT2D eigenvalue weighted by Crippen LogP contribution is 2.44. The number of halogens is 4. The lowest BCUT2D eigenvalue weighted by atomic mass is 9.91. The van der Waals surface area contributed by atoms with E-state index in [0.29, 0.717) is 28.3 Å². The molecule has 4 nitrogen and oxygen atoms in total. The molecule has 0 saturated heterocycles. The number of hydrogen-bond donors (Lipinski definition) is 2. The number of rotatable bonds is 7. The number of carbonyl (C=O) groups is 1. The molecule has 0 unspecified atom stereocenters. The molecule has 4 aromatic rings. The highest BCUT2D eigenvalue weighted by Gasteiger charge is 2.33. The lowest BCUT2D eigenvalue weighted by molar-refractivity contribution is -0.137. The molecule has 0 radical (unpaired) electrons. The SMILES string of the molecule is CCCc1cc2cc(O)ccc2c(Oc2ccc(/C=C/C(N)=O)c(C(F)(F)F)c2)c1-c1ccc(F)cc1. The minimum atomic E-state index is -4.73. The number of ether oxygens (including phenoxy) is 1. The Morgan fingerprint density at radius 2 is 1.76 bits per heavy atom. The first-order chi connectivity index (χ1) is 17.6. The van der Waals surface area contributed by atoms with E-state index >= 15 is 0 Å². The number of hydrogen-bond acceptors (Lipinski definition) is 3. The summed E-state index contributed by atoms with van der Waals surface area (Å²) in [6.45, 7) is 1.98. The fourth-order valence-electron chi connectivity index (χ4n) is 4.20. The van der Waals surface area contributed by atoms with Gasteiger partial charge in [0, 0.05) is 17.0 Å². The van der Waals surface area contributed by atoms with Gasteiger partial charge in [0.15, 0.2) is 0 Å². The van der Waals surface area contributed by atoms with Crippen LogP contribution in [0, 0.1) is 5.82 Å². The third-order valence-corrected chi connectivity index (χ3v) is 5.79. The van der Waals surface area contributed by atoms with Gasteiger partial charge in [0.2, 0.25) is 5.91 Å². The fourth-order valence-corrected chi connectivity index (χ4v) is 4.20. The molecular formula is C29H23F4NO3. The largest absolute Gasteiger partial charge is 0.508 e. The zero-order chi connectivity index (χ0) is 26.7. The number of benzene rings is 4. The Morgan fingerprint density at radius 3 is 2.41 bits per heavy atom. The number of primary amides is 1. The maximum absolute atomic E-state index is 13.9. The molecule has 37 heavy (non-hydrogen) atoms. The van der Waals surface area contributed by atoms with E-state index in [1.54, 1.807) is 24.3 Å². The van der Waals surface area contributed by atoms with Gasteiger partial charge in [-0.3, -0.25) is 4.79 Å². The van der Waals surface area contributed by atoms with E-state index in [9.17, 15) is 27.5 Å². The van der Waals surface area contributed by atoms with Gasteiger partial charge < -0.3 is 15.6 Å². The van der Waals surface area contributed by atoms with Gasteiger partial charge in [0.25, 0.3) is 0 Å². The van der Waals surface area contributed by atoms with Gasteiger partial charge >= 0.3 is 6.18 Å². The molecule has 8 heteroatoms. The Kier molecular flexibility index (Phi) is 7.20. The fraction of sp³-hybridized carbons (Fsp3) is 0.138. The van der Waals surface area contributed by atoms with Crippen LogP contribution in [0.2, 0.25) is 0 Å². The number of alkyl halides is 3. The summed E-state index contributed by atoms with van der Waals surface area (Å²) in [4.78, 5) is 11.1. The molecule has 4 aromatic carbocycles. The molecule has 0 heterocycles. The van der Waals surface area contributed by atoms with Crippen molar-refractivity contribution in [2.75, 3.05) is 0 Å². The van der Waals surface area contributed by atoms with Crippen LogP contribution in [0.15, 0.2) is 72.8 Å². The smallest absolute Gasteiger partial charge is 0.417 e. The van der Waals surface area contributed by atoms with E-state index in [4.69, 9.17) is 10.5 Å². The number of aryl methyl sites for hydroxylation is 1. The second-order valence-electron chi connectivity index (χ2n) is 8.49. The summed E-state index contributed by atoms with van der Waals surface area (Å²) in [6.07, 6.45) is -1.50. The molecule has 0 fully saturated rings. The highest BCUT2D eigenvalue weighted by atomic mass is 19.4. The summed E-state index contributed by atoms with van der Waals surface area (Å²) >= 11 is 0. The van der Waals surface area contributed by atoms with Crippen molar-refractivity contribution in [3.8, 4) is 28.4 Å². The van der Waals surface area contributed by atoms with E-state index in [1.807, 2.05) is 13.0 Å². The van der Waals surface area contributed by atoms with Crippen LogP contribution >= 0.6 is 0 Å². The normalized spacial score (nSPS) is 11.8. The van der Waals surface area contributed by atoms with Gasteiger partial charge in [-0.2, -0.15) is 13.2 Å². The second-order valence-corrected chi connectivity index (χ2v) is 8.49. The number of nitrogens with two attached hydrogens (primary N) is 1. The number of phenols is 1. The van der Waals surface area contributed by atoms with E-state index in [-0.39, 0.29) is 22.8 Å². The molecule has 0 aromatic heterocycles. The zero-order valence-electron chi connectivity index (χ0n) is 19.8. The number of aromatic hydroxyl groups is 1. The summed E-state index contributed by atoms with van der Waals surface area (Å²) in [6, 6.07) is 15.7. The van der Waals surface area contributed by atoms with Crippen molar-refractivity contribution in [3.05, 3.63) is 95.3 Å². The third kappa shape index (κ3) is 5.74. The molecule has 3 N–H and O–H groups in total. The monoisotopic (exact) mass is 509 g/mol. The summed E-state index contributed by atoms with van der Waals surface area (Å²) in [5.74, 6) is -1.08. The van der Waals surface area contributed by atoms with Crippen molar-refractivity contribution in [2.24, 2.45) is 5.73 Å². The third-order valence-electron chi connectivity index (χ3n) is 5.79. The van der Waals surface area contributed by atoms with Gasteiger partial charge in [-0.15, -0.1) is 0 Å². The van der Waals surface area contributed by atoms with Crippen molar-refractivity contribution < 1.29 is 32.2 Å². The van der Waals surface area contributed by atoms with Crippen LogP contribution in [-0.2, 0) is 17.4 Å². The molecule has 0 aliphatic rings. The quantitative estimate of drug-likeness (QED) is 0.199. The number of fused-ring (bicyclic) bond motifs is 1.